The Hall–Kier alpha value is -1.32. The van der Waals surface area contributed by atoms with E-state index in [1.807, 2.05) is 13.8 Å². The van der Waals surface area contributed by atoms with Crippen LogP contribution in [-0.4, -0.2) is 36.6 Å². The van der Waals surface area contributed by atoms with Gasteiger partial charge in [-0.2, -0.15) is 0 Å². The quantitative estimate of drug-likeness (QED) is 0.299. The molecule has 0 aromatic carbocycles. The number of rotatable bonds is 6. The Bertz CT molecular complexity index is 536. The molecule has 0 spiro atoms. The van der Waals surface area contributed by atoms with Crippen molar-refractivity contribution in [2.24, 2.45) is 4.99 Å². The highest BCUT2D eigenvalue weighted by Crippen LogP contribution is 2.22. The maximum atomic E-state index is 11.5. The molecule has 0 amide bonds. The van der Waals surface area contributed by atoms with E-state index < -0.39 is 0 Å². The zero-order chi connectivity index (χ0) is 17.5. The fraction of sp³-hybridized carbons (Fsp3) is 0.688. The Morgan fingerprint density at radius 2 is 2.04 bits per heavy atom. The molecule has 0 saturated heterocycles. The summed E-state index contributed by atoms with van der Waals surface area (Å²) in [6, 6.07) is 0. The summed E-state index contributed by atoms with van der Waals surface area (Å²) in [7, 11) is 1.66. The first-order chi connectivity index (χ1) is 10.7. The van der Waals surface area contributed by atoms with Gasteiger partial charge >= 0.3 is 5.97 Å². The molecule has 1 rings (SSSR count). The van der Waals surface area contributed by atoms with E-state index in [4.69, 9.17) is 9.15 Å². The summed E-state index contributed by atoms with van der Waals surface area (Å²) in [4.78, 5) is 19.8. The van der Waals surface area contributed by atoms with Crippen LogP contribution >= 0.6 is 24.0 Å². The third-order valence-corrected chi connectivity index (χ3v) is 2.91. The van der Waals surface area contributed by atoms with Crippen LogP contribution < -0.4 is 10.6 Å². The van der Waals surface area contributed by atoms with Crippen molar-refractivity contribution in [2.75, 3.05) is 13.6 Å². The van der Waals surface area contributed by atoms with E-state index in [-0.39, 0.29) is 47.9 Å². The normalized spacial score (nSPS) is 11.9. The van der Waals surface area contributed by atoms with Gasteiger partial charge in [0.05, 0.1) is 25.3 Å². The molecule has 0 atom stereocenters. The van der Waals surface area contributed by atoms with Crippen molar-refractivity contribution in [3.63, 3.8) is 0 Å². The summed E-state index contributed by atoms with van der Waals surface area (Å²) in [6.07, 6.45) is 1.93. The molecular formula is C16H29IN4O3. The lowest BCUT2D eigenvalue weighted by Gasteiger charge is -2.13. The summed E-state index contributed by atoms with van der Waals surface area (Å²) in [5.74, 6) is 1.79. The van der Waals surface area contributed by atoms with E-state index in [2.05, 4.69) is 41.4 Å². The number of hydrogen-bond acceptors (Lipinski definition) is 5. The standard InChI is InChI=1S/C16H28N4O3.HI/c1-11(2)22-14(21)7-8-18-15(17-6)20-10-13-19-9-12(23-13)16(3,4)5;/h9,11H,7-8,10H2,1-6H3,(H2,17,18,20);1H. The predicted octanol–water partition coefficient (Wildman–Crippen LogP) is 2.60. The Morgan fingerprint density at radius 3 is 2.54 bits per heavy atom. The van der Waals surface area contributed by atoms with Gasteiger partial charge < -0.3 is 19.8 Å². The third-order valence-electron chi connectivity index (χ3n) is 2.91. The summed E-state index contributed by atoms with van der Waals surface area (Å²) < 4.78 is 10.8. The maximum absolute atomic E-state index is 11.5. The fourth-order valence-electron chi connectivity index (χ4n) is 1.72. The third kappa shape index (κ3) is 8.51. The number of nitrogens with one attached hydrogen (secondary N) is 2. The van der Waals surface area contributed by atoms with E-state index in [9.17, 15) is 4.79 Å². The van der Waals surface area contributed by atoms with E-state index in [0.29, 0.717) is 24.9 Å². The van der Waals surface area contributed by atoms with Crippen LogP contribution in [0.5, 0.6) is 0 Å². The second-order valence-electron chi connectivity index (χ2n) is 6.51. The van der Waals surface area contributed by atoms with Gasteiger partial charge in [-0.15, -0.1) is 24.0 Å². The zero-order valence-corrected chi connectivity index (χ0v) is 17.6. The molecule has 0 aliphatic rings. The lowest BCUT2D eigenvalue weighted by Crippen LogP contribution is -2.38. The molecule has 24 heavy (non-hydrogen) atoms. The second-order valence-corrected chi connectivity index (χ2v) is 6.51. The van der Waals surface area contributed by atoms with Gasteiger partial charge in [0.2, 0.25) is 5.89 Å². The van der Waals surface area contributed by atoms with Gasteiger partial charge in [-0.25, -0.2) is 4.98 Å². The topological polar surface area (TPSA) is 88.8 Å². The number of nitrogens with zero attached hydrogens (tertiary/aromatic N) is 2. The van der Waals surface area contributed by atoms with Crippen molar-refractivity contribution in [3.8, 4) is 0 Å². The summed E-state index contributed by atoms with van der Waals surface area (Å²) in [5, 5.41) is 6.14. The van der Waals surface area contributed by atoms with Crippen LogP contribution in [0.3, 0.4) is 0 Å². The number of halogens is 1. The Balaban J connectivity index is 0.00000529. The number of aromatic nitrogens is 1. The number of carbonyl (C=O) groups is 1. The molecule has 138 valence electrons. The van der Waals surface area contributed by atoms with Gasteiger partial charge in [-0.1, -0.05) is 20.8 Å². The number of aliphatic imine (C=N–C) groups is 1. The van der Waals surface area contributed by atoms with Crippen LogP contribution in [0.2, 0.25) is 0 Å². The van der Waals surface area contributed by atoms with Crippen LogP contribution in [0, 0.1) is 0 Å². The molecule has 0 radical (unpaired) electrons. The van der Waals surface area contributed by atoms with Crippen molar-refractivity contribution < 1.29 is 13.9 Å². The highest BCUT2D eigenvalue weighted by molar-refractivity contribution is 14.0. The lowest BCUT2D eigenvalue weighted by molar-refractivity contribution is -0.147. The van der Waals surface area contributed by atoms with E-state index in [0.717, 1.165) is 5.76 Å². The molecule has 0 aliphatic heterocycles. The van der Waals surface area contributed by atoms with Crippen LogP contribution in [0.4, 0.5) is 0 Å². The number of esters is 1. The average Bonchev–Trinajstić information content (AvgIpc) is 2.90. The number of ether oxygens (including phenoxy) is 1. The first-order valence-corrected chi connectivity index (χ1v) is 7.81. The summed E-state index contributed by atoms with van der Waals surface area (Å²) >= 11 is 0. The molecule has 2 N–H and O–H groups in total. The van der Waals surface area contributed by atoms with E-state index in [1.54, 1.807) is 13.2 Å². The minimum atomic E-state index is -0.231. The molecule has 0 bridgehead atoms. The van der Waals surface area contributed by atoms with Crippen molar-refractivity contribution in [2.45, 2.75) is 59.1 Å². The van der Waals surface area contributed by atoms with Gasteiger partial charge in [-0.3, -0.25) is 9.79 Å². The zero-order valence-electron chi connectivity index (χ0n) is 15.3. The molecule has 0 fully saturated rings. The maximum Gasteiger partial charge on any atom is 0.307 e. The van der Waals surface area contributed by atoms with E-state index in [1.165, 1.54) is 0 Å². The van der Waals surface area contributed by atoms with Crippen LogP contribution in [0.1, 0.15) is 52.7 Å². The Morgan fingerprint density at radius 1 is 1.38 bits per heavy atom. The molecule has 0 saturated carbocycles. The first kappa shape index (κ1) is 22.7. The number of hydrogen-bond donors (Lipinski definition) is 2. The molecule has 1 heterocycles. The summed E-state index contributed by atoms with van der Waals surface area (Å²) in [5.41, 5.74) is -0.0675. The SMILES string of the molecule is CN=C(NCCC(=O)OC(C)C)NCc1ncc(C(C)(C)C)o1.I. The van der Waals surface area contributed by atoms with Gasteiger partial charge in [0.1, 0.15) is 5.76 Å². The van der Waals surface area contributed by atoms with Crippen molar-refractivity contribution in [3.05, 3.63) is 17.8 Å². The van der Waals surface area contributed by atoms with Gasteiger partial charge in [0.15, 0.2) is 5.96 Å². The number of guanidine groups is 1. The molecule has 8 heteroatoms. The molecule has 0 unspecified atom stereocenters. The van der Waals surface area contributed by atoms with Crippen LogP contribution in [0.15, 0.2) is 15.6 Å². The van der Waals surface area contributed by atoms with Gasteiger partial charge in [0, 0.05) is 19.0 Å². The van der Waals surface area contributed by atoms with Crippen molar-refractivity contribution in [1.29, 1.82) is 0 Å². The van der Waals surface area contributed by atoms with Crippen molar-refractivity contribution in [1.82, 2.24) is 15.6 Å². The minimum absolute atomic E-state index is 0. The van der Waals surface area contributed by atoms with E-state index >= 15 is 0 Å². The summed E-state index contributed by atoms with van der Waals surface area (Å²) in [6.45, 7) is 10.7. The smallest absolute Gasteiger partial charge is 0.307 e. The van der Waals surface area contributed by atoms with Gasteiger partial charge in [-0.05, 0) is 13.8 Å². The molecule has 0 aliphatic carbocycles. The lowest BCUT2D eigenvalue weighted by atomic mass is 9.94. The van der Waals surface area contributed by atoms with Crippen molar-refractivity contribution >= 4 is 35.9 Å². The second kappa shape index (κ2) is 10.5. The highest BCUT2D eigenvalue weighted by atomic mass is 127. The molecule has 1 aromatic heterocycles. The average molecular weight is 452 g/mol. The minimum Gasteiger partial charge on any atom is -0.463 e. The number of oxazole rings is 1. The predicted molar refractivity (Wildman–Crippen MR) is 105 cm³/mol. The Labute approximate surface area is 161 Å². The largest absolute Gasteiger partial charge is 0.463 e. The monoisotopic (exact) mass is 452 g/mol. The van der Waals surface area contributed by atoms with Crippen LogP contribution in [0.25, 0.3) is 0 Å². The Kier molecular flexibility index (Phi) is 9.95. The van der Waals surface area contributed by atoms with Gasteiger partial charge in [0.25, 0.3) is 0 Å². The fourth-order valence-corrected chi connectivity index (χ4v) is 1.72. The van der Waals surface area contributed by atoms with Crippen LogP contribution in [-0.2, 0) is 21.5 Å². The highest BCUT2D eigenvalue weighted by Gasteiger charge is 2.19. The number of carbonyl (C=O) groups excluding carboxylic acids is 1. The molecule has 1 aromatic rings. The molecular weight excluding hydrogens is 423 g/mol. The first-order valence-electron chi connectivity index (χ1n) is 7.81. The molecule has 7 nitrogen and oxygen atoms in total.